The van der Waals surface area contributed by atoms with E-state index in [1.54, 1.807) is 42.5 Å². The van der Waals surface area contributed by atoms with Crippen LogP contribution in [0.2, 0.25) is 10.0 Å². The number of rotatable bonds is 13. The van der Waals surface area contributed by atoms with Crippen molar-refractivity contribution in [2.75, 3.05) is 24.5 Å². The topological polar surface area (TPSA) is 96.0 Å². The molecule has 0 radical (unpaired) electrons. The van der Waals surface area contributed by atoms with Crippen molar-refractivity contribution in [3.8, 4) is 5.75 Å². The number of ether oxygens (including phenoxy) is 1. The van der Waals surface area contributed by atoms with Gasteiger partial charge in [0.05, 0.1) is 17.7 Å². The third-order valence-electron chi connectivity index (χ3n) is 6.36. The zero-order chi connectivity index (χ0) is 30.2. The molecule has 1 N–H and O–H groups in total. The number of nitrogens with one attached hydrogen (secondary N) is 1. The van der Waals surface area contributed by atoms with Crippen LogP contribution >= 0.6 is 23.2 Å². The zero-order valence-corrected chi connectivity index (χ0v) is 25.8. The highest BCUT2D eigenvalue weighted by Gasteiger charge is 2.33. The summed E-state index contributed by atoms with van der Waals surface area (Å²) in [6, 6.07) is 18.3. The third kappa shape index (κ3) is 8.61. The average molecular weight is 621 g/mol. The summed E-state index contributed by atoms with van der Waals surface area (Å²) in [5.41, 5.74) is 0.954. The fourth-order valence-corrected chi connectivity index (χ4v) is 5.88. The highest BCUT2D eigenvalue weighted by atomic mass is 35.5. The van der Waals surface area contributed by atoms with E-state index in [1.165, 1.54) is 42.3 Å². The van der Waals surface area contributed by atoms with Crippen LogP contribution in [0.15, 0.2) is 77.7 Å². The number of benzene rings is 3. The first-order valence-corrected chi connectivity index (χ1v) is 15.4. The Kier molecular flexibility index (Phi) is 11.5. The molecule has 0 saturated carbocycles. The largest absolute Gasteiger partial charge is 0.497 e. The Morgan fingerprint density at radius 1 is 0.951 bits per heavy atom. The van der Waals surface area contributed by atoms with E-state index in [0.29, 0.717) is 28.8 Å². The van der Waals surface area contributed by atoms with Crippen molar-refractivity contribution < 1.29 is 22.7 Å². The van der Waals surface area contributed by atoms with Gasteiger partial charge in [-0.05, 0) is 72.5 Å². The van der Waals surface area contributed by atoms with Gasteiger partial charge in [-0.1, -0.05) is 62.2 Å². The second kappa shape index (κ2) is 14.6. The number of amides is 2. The minimum atomic E-state index is -4.22. The normalized spacial score (nSPS) is 12.1. The smallest absolute Gasteiger partial charge is 0.264 e. The summed E-state index contributed by atoms with van der Waals surface area (Å²) in [5.74, 6) is -0.161. The summed E-state index contributed by atoms with van der Waals surface area (Å²) >= 11 is 12.3. The van der Waals surface area contributed by atoms with E-state index in [0.717, 1.165) is 9.87 Å². The van der Waals surface area contributed by atoms with Gasteiger partial charge in [0.25, 0.3) is 10.0 Å². The molecule has 8 nitrogen and oxygen atoms in total. The molecule has 0 saturated heterocycles. The lowest BCUT2D eigenvalue weighted by Crippen LogP contribution is -2.52. The van der Waals surface area contributed by atoms with Gasteiger partial charge in [-0.15, -0.1) is 0 Å². The molecule has 0 fully saturated rings. The molecule has 41 heavy (non-hydrogen) atoms. The Morgan fingerprint density at radius 2 is 1.61 bits per heavy atom. The number of halogens is 2. The van der Waals surface area contributed by atoms with Crippen LogP contribution in [0.25, 0.3) is 0 Å². The first kappa shape index (κ1) is 32.2. The van der Waals surface area contributed by atoms with Gasteiger partial charge in [0.1, 0.15) is 18.3 Å². The lowest BCUT2D eigenvalue weighted by Gasteiger charge is -2.33. The molecule has 3 aromatic rings. The maximum atomic E-state index is 14.1. The molecule has 0 aliphatic heterocycles. The molecule has 0 aromatic heterocycles. The highest BCUT2D eigenvalue weighted by Crippen LogP contribution is 2.28. The molecule has 0 unspecified atom stereocenters. The number of carbonyl (C=O) groups is 2. The molecule has 0 bridgehead atoms. The summed E-state index contributed by atoms with van der Waals surface area (Å²) < 4.78 is 34.0. The maximum absolute atomic E-state index is 14.1. The summed E-state index contributed by atoms with van der Waals surface area (Å²) in [4.78, 5) is 28.7. The summed E-state index contributed by atoms with van der Waals surface area (Å²) in [6.45, 7) is 5.73. The predicted octanol–water partition coefficient (Wildman–Crippen LogP) is 5.78. The van der Waals surface area contributed by atoms with E-state index in [4.69, 9.17) is 27.9 Å². The van der Waals surface area contributed by atoms with Gasteiger partial charge in [0, 0.05) is 23.1 Å². The van der Waals surface area contributed by atoms with Crippen LogP contribution in [-0.4, -0.2) is 51.4 Å². The lowest BCUT2D eigenvalue weighted by molar-refractivity contribution is -0.140. The fourth-order valence-electron chi connectivity index (χ4n) is 4.16. The van der Waals surface area contributed by atoms with Crippen LogP contribution in [0.1, 0.15) is 32.8 Å². The van der Waals surface area contributed by atoms with Crippen molar-refractivity contribution >= 4 is 50.7 Å². The van der Waals surface area contributed by atoms with E-state index >= 15 is 0 Å². The van der Waals surface area contributed by atoms with Crippen LogP contribution in [-0.2, 0) is 26.2 Å². The third-order valence-corrected chi connectivity index (χ3v) is 8.63. The molecule has 0 spiro atoms. The van der Waals surface area contributed by atoms with Crippen LogP contribution in [0.5, 0.6) is 5.75 Å². The molecule has 1 atom stereocenters. The zero-order valence-electron chi connectivity index (χ0n) is 23.5. The van der Waals surface area contributed by atoms with Gasteiger partial charge < -0.3 is 15.0 Å². The monoisotopic (exact) mass is 619 g/mol. The SMILES string of the molecule is CC[C@@H](C(=O)NCC(C)C)N(Cc1ccc(Cl)cc1)C(=O)CN(c1cccc(Cl)c1)S(=O)(=O)c1ccc(OC)cc1. The molecule has 3 aromatic carbocycles. The van der Waals surface area contributed by atoms with E-state index in [2.05, 4.69) is 5.32 Å². The standard InChI is InChI=1S/C30H35Cl2N3O5S/c1-5-28(30(37)33-18-21(2)3)34(19-22-9-11-23(31)12-10-22)29(36)20-35(25-8-6-7-24(32)17-25)41(38,39)27-15-13-26(40-4)14-16-27/h6-17,21,28H,5,18-20H2,1-4H3,(H,33,37)/t28-/m0/s1. The van der Waals surface area contributed by atoms with Crippen LogP contribution in [0.3, 0.4) is 0 Å². The Labute approximate surface area is 252 Å². The van der Waals surface area contributed by atoms with E-state index in [1.807, 2.05) is 20.8 Å². The quantitative estimate of drug-likeness (QED) is 0.262. The highest BCUT2D eigenvalue weighted by molar-refractivity contribution is 7.92. The van der Waals surface area contributed by atoms with Crippen LogP contribution in [0, 0.1) is 5.92 Å². The number of hydrogen-bond acceptors (Lipinski definition) is 5. The number of carbonyl (C=O) groups excluding carboxylic acids is 2. The van der Waals surface area contributed by atoms with Crippen molar-refractivity contribution in [2.45, 2.75) is 44.7 Å². The summed E-state index contributed by atoms with van der Waals surface area (Å²) in [5, 5.41) is 3.75. The van der Waals surface area contributed by atoms with Crippen molar-refractivity contribution in [3.63, 3.8) is 0 Å². The van der Waals surface area contributed by atoms with Gasteiger partial charge in [0.15, 0.2) is 0 Å². The second-order valence-corrected chi connectivity index (χ2v) is 12.6. The fraction of sp³-hybridized carbons (Fsp3) is 0.333. The molecule has 2 amide bonds. The summed E-state index contributed by atoms with van der Waals surface area (Å²) in [7, 11) is -2.74. The number of anilines is 1. The van der Waals surface area contributed by atoms with Gasteiger partial charge in [-0.3, -0.25) is 13.9 Å². The molecule has 0 aliphatic carbocycles. The van der Waals surface area contributed by atoms with Gasteiger partial charge in [-0.2, -0.15) is 0 Å². The Balaban J connectivity index is 2.04. The predicted molar refractivity (Wildman–Crippen MR) is 163 cm³/mol. The van der Waals surface area contributed by atoms with Gasteiger partial charge in [0.2, 0.25) is 11.8 Å². The molecular weight excluding hydrogens is 585 g/mol. The van der Waals surface area contributed by atoms with Gasteiger partial charge >= 0.3 is 0 Å². The lowest BCUT2D eigenvalue weighted by atomic mass is 10.1. The second-order valence-electron chi connectivity index (χ2n) is 9.88. The molecular formula is C30H35Cl2N3O5S. The molecule has 0 aliphatic rings. The van der Waals surface area contributed by atoms with E-state index in [-0.39, 0.29) is 29.0 Å². The van der Waals surface area contributed by atoms with Crippen LogP contribution in [0.4, 0.5) is 5.69 Å². The first-order valence-electron chi connectivity index (χ1n) is 13.2. The number of nitrogens with zero attached hydrogens (tertiary/aromatic N) is 2. The molecule has 220 valence electrons. The van der Waals surface area contributed by atoms with Gasteiger partial charge in [-0.25, -0.2) is 8.42 Å². The average Bonchev–Trinajstić information content (AvgIpc) is 2.95. The maximum Gasteiger partial charge on any atom is 0.264 e. The first-order chi connectivity index (χ1) is 19.5. The summed E-state index contributed by atoms with van der Waals surface area (Å²) in [6.07, 6.45) is 0.325. The van der Waals surface area contributed by atoms with Crippen molar-refractivity contribution in [3.05, 3.63) is 88.4 Å². The van der Waals surface area contributed by atoms with E-state index in [9.17, 15) is 18.0 Å². The van der Waals surface area contributed by atoms with Crippen LogP contribution < -0.4 is 14.4 Å². The number of methoxy groups -OCH3 is 1. The Hall–Kier alpha value is -3.27. The molecule has 0 heterocycles. The van der Waals surface area contributed by atoms with Crippen molar-refractivity contribution in [1.29, 1.82) is 0 Å². The number of sulfonamides is 1. The van der Waals surface area contributed by atoms with Crippen molar-refractivity contribution in [1.82, 2.24) is 10.2 Å². The minimum Gasteiger partial charge on any atom is -0.497 e. The molecule has 11 heteroatoms. The Bertz CT molecular complexity index is 1430. The number of hydrogen-bond donors (Lipinski definition) is 1. The molecule has 3 rings (SSSR count). The minimum absolute atomic E-state index is 0.0305. The van der Waals surface area contributed by atoms with E-state index < -0.39 is 28.5 Å². The van der Waals surface area contributed by atoms with Crippen molar-refractivity contribution in [2.24, 2.45) is 5.92 Å². The Morgan fingerprint density at radius 3 is 2.17 bits per heavy atom.